The van der Waals surface area contributed by atoms with Crippen molar-refractivity contribution in [3.05, 3.63) is 179 Å². The Morgan fingerprint density at radius 1 is 0.550 bits per heavy atom. The number of phenolic OH excluding ortho intramolecular Hbond substituents is 1. The van der Waals surface area contributed by atoms with E-state index in [0.717, 1.165) is 10.8 Å². The maximum atomic E-state index is 15.2. The fourth-order valence-electron chi connectivity index (χ4n) is 12.3. The largest absolute Gasteiger partial charge is 0.508 e. The van der Waals surface area contributed by atoms with Gasteiger partial charge in [0.2, 0.25) is 65.0 Å². The smallest absolute Gasteiger partial charge is 0.245 e. The number of hydrogen-bond acceptors (Lipinski definition) is 16. The number of benzene rings is 5. The molecule has 6 aromatic rings. The number of rotatable bonds is 40. The number of guanidine groups is 2. The molecule has 2 heterocycles. The SMILES string of the molecule is CCN=C(NCC)NCCC[C@@H](NC(=O)[C@H](Cc1ccc(O)cc1)NC(=O)[C@H](CO)NC(=O)[C@@H](Cc1cccnc1)NC(=O)[C@@H](Cc1ccc(Cl)cc1)NC(=O)[C@@H](Cc1ccc2ccccc2c1)NC(C)=O)C(=O)N[C@@H](Cc1ccccc1)C(=O)N[C@@H](CCCNC(=N)N)C(=O)N1CCC[C@H]1C(=O)N[C@H](C)C(N)=O. The topological polar surface area (TPSA) is 477 Å². The number of aromatic nitrogens is 1. The lowest BCUT2D eigenvalue weighted by Crippen LogP contribution is -2.61. The number of hydrogen-bond donors (Lipinski definition) is 17. The zero-order valence-corrected chi connectivity index (χ0v) is 62.2. The summed E-state index contributed by atoms with van der Waals surface area (Å²) in [7, 11) is 0. The van der Waals surface area contributed by atoms with Gasteiger partial charge in [-0.25, -0.2) is 0 Å². The van der Waals surface area contributed by atoms with Crippen molar-refractivity contribution >= 4 is 99.3 Å². The Balaban J connectivity index is 1.17. The van der Waals surface area contributed by atoms with Crippen LogP contribution in [0.5, 0.6) is 5.75 Å². The van der Waals surface area contributed by atoms with Gasteiger partial charge in [-0.1, -0.05) is 115 Å². The second-order valence-corrected chi connectivity index (χ2v) is 26.9. The molecule has 31 nitrogen and oxygen atoms in total. The third kappa shape index (κ3) is 27.5. The Labute approximate surface area is 637 Å². The standard InChI is InChI=1S/C77H99ClN18O13/c1-5-83-77(84-6-2)86-36-13-21-57(67(101)91-60(39-48-16-8-7-9-17-48)70(104)90-58(22-14-35-85-76(80)81)75(109)96-37-15-23-65(96)74(108)87-46(3)66(79)100)89-69(103)61(41-50-27-32-56(99)33-28-50)94-73(107)64(45-97)95-72(106)63(43-52-18-12-34-82-44-52)93-71(105)62(40-49-25-30-55(78)31-26-49)92-68(102)59(88-47(4)98)42-51-24-29-53-19-10-11-20-54(53)38-51/h7-12,16-20,24-34,38,44,46,57-65,97,99H,5-6,13-15,21-23,35-37,39-43,45H2,1-4H3,(H2,79,100)(H,87,108)(H,88,98)(H,89,103)(H,90,104)(H,91,101)(H,92,102)(H,93,105)(H,94,107)(H,95,106)(H4,80,81,85)(H2,83,84,86)/t46-,57-,58+,59-,60+,61+,62-,63-,64+,65+/m1/s1. The maximum absolute atomic E-state index is 15.2. The van der Waals surface area contributed by atoms with Crippen molar-refractivity contribution in [1.82, 2.24) is 73.7 Å². The van der Waals surface area contributed by atoms with E-state index in [1.165, 1.54) is 55.4 Å². The van der Waals surface area contributed by atoms with Gasteiger partial charge in [0, 0.05) is 89.2 Å². The molecule has 7 rings (SSSR count). The number of carbonyl (C=O) groups is 11. The van der Waals surface area contributed by atoms with E-state index < -0.39 is 132 Å². The number of likely N-dealkylation sites (tertiary alicyclic amines) is 1. The van der Waals surface area contributed by atoms with E-state index in [2.05, 4.69) is 73.8 Å². The monoisotopic (exact) mass is 1520 g/mol. The molecule has 10 atom stereocenters. The highest BCUT2D eigenvalue weighted by Crippen LogP contribution is 2.22. The van der Waals surface area contributed by atoms with Gasteiger partial charge >= 0.3 is 0 Å². The summed E-state index contributed by atoms with van der Waals surface area (Å²) in [6.45, 7) is 6.70. The minimum absolute atomic E-state index is 0.0303. The van der Waals surface area contributed by atoms with Crippen molar-refractivity contribution < 1.29 is 63.0 Å². The first kappa shape index (κ1) is 84.5. The van der Waals surface area contributed by atoms with Crippen LogP contribution in [0.2, 0.25) is 5.02 Å². The molecule has 11 amide bonds. The van der Waals surface area contributed by atoms with Crippen LogP contribution in [0.25, 0.3) is 10.8 Å². The molecule has 32 heteroatoms. The number of aliphatic hydroxyl groups is 1. The minimum atomic E-state index is -1.84. The van der Waals surface area contributed by atoms with Gasteiger partial charge < -0.3 is 90.4 Å². The van der Waals surface area contributed by atoms with Gasteiger partial charge in [0.25, 0.3) is 0 Å². The number of aliphatic imine (C=N–C) groups is 1. The maximum Gasteiger partial charge on any atom is 0.245 e. The molecule has 19 N–H and O–H groups in total. The summed E-state index contributed by atoms with van der Waals surface area (Å²) in [5.74, 6) is -8.99. The molecule has 5 aromatic carbocycles. The molecule has 109 heavy (non-hydrogen) atoms. The molecular formula is C77H99ClN18O13. The summed E-state index contributed by atoms with van der Waals surface area (Å²) in [4.78, 5) is 167. The Kier molecular flexibility index (Phi) is 33.5. The Morgan fingerprint density at radius 3 is 1.56 bits per heavy atom. The molecule has 1 fully saturated rings. The summed E-state index contributed by atoms with van der Waals surface area (Å²) in [5.41, 5.74) is 13.7. The predicted molar refractivity (Wildman–Crippen MR) is 410 cm³/mol. The van der Waals surface area contributed by atoms with Crippen LogP contribution in [0.1, 0.15) is 94.0 Å². The van der Waals surface area contributed by atoms with Gasteiger partial charge in [-0.3, -0.25) is 68.1 Å². The molecule has 0 saturated carbocycles. The van der Waals surface area contributed by atoms with Gasteiger partial charge in [0.1, 0.15) is 66.2 Å². The first-order chi connectivity index (χ1) is 52.3. The van der Waals surface area contributed by atoms with Gasteiger partial charge in [-0.15, -0.1) is 0 Å². The van der Waals surface area contributed by atoms with Crippen LogP contribution in [-0.4, -0.2) is 197 Å². The molecule has 1 aliphatic rings. The molecule has 0 spiro atoms. The van der Waals surface area contributed by atoms with Crippen molar-refractivity contribution in [3.63, 3.8) is 0 Å². The molecule has 582 valence electrons. The van der Waals surface area contributed by atoms with E-state index in [9.17, 15) is 53.4 Å². The number of fused-ring (bicyclic) bond motifs is 1. The highest BCUT2D eigenvalue weighted by molar-refractivity contribution is 6.30. The van der Waals surface area contributed by atoms with E-state index >= 15 is 9.59 Å². The molecule has 1 aromatic heterocycles. The van der Waals surface area contributed by atoms with Crippen molar-refractivity contribution in [1.29, 1.82) is 5.41 Å². The van der Waals surface area contributed by atoms with Gasteiger partial charge in [0.05, 0.1) is 6.61 Å². The number of pyridine rings is 1. The van der Waals surface area contributed by atoms with Crippen molar-refractivity contribution in [2.45, 2.75) is 159 Å². The lowest BCUT2D eigenvalue weighted by molar-refractivity contribution is -0.142. The third-order valence-corrected chi connectivity index (χ3v) is 18.2. The summed E-state index contributed by atoms with van der Waals surface area (Å²) in [6, 6.07) is 23.2. The zero-order chi connectivity index (χ0) is 78.9. The lowest BCUT2D eigenvalue weighted by Gasteiger charge is -2.31. The molecule has 1 aliphatic heterocycles. The number of nitrogens with two attached hydrogens (primary N) is 2. The number of phenols is 1. The average molecular weight is 1520 g/mol. The van der Waals surface area contributed by atoms with Crippen LogP contribution in [0.15, 0.2) is 151 Å². The van der Waals surface area contributed by atoms with Crippen LogP contribution < -0.4 is 75.3 Å². The first-order valence-electron chi connectivity index (χ1n) is 36.2. The first-order valence-corrected chi connectivity index (χ1v) is 36.6. The van der Waals surface area contributed by atoms with Gasteiger partial charge in [-0.2, -0.15) is 0 Å². The lowest BCUT2D eigenvalue weighted by atomic mass is 9.99. The van der Waals surface area contributed by atoms with Crippen molar-refractivity contribution in [2.75, 3.05) is 39.3 Å². The van der Waals surface area contributed by atoms with E-state index in [0.29, 0.717) is 58.3 Å². The summed E-state index contributed by atoms with van der Waals surface area (Å²) in [6.07, 6.45) is 2.96. The number of aromatic hydroxyl groups is 1. The third-order valence-electron chi connectivity index (χ3n) is 17.9. The predicted octanol–water partition coefficient (Wildman–Crippen LogP) is 0.597. The average Bonchev–Trinajstić information content (AvgIpc) is 1.75. The molecule has 0 bridgehead atoms. The van der Waals surface area contributed by atoms with Gasteiger partial charge in [-0.05, 0) is 128 Å². The summed E-state index contributed by atoms with van der Waals surface area (Å²) >= 11 is 6.26. The van der Waals surface area contributed by atoms with E-state index in [1.54, 1.807) is 66.7 Å². The van der Waals surface area contributed by atoms with Crippen LogP contribution >= 0.6 is 11.6 Å². The van der Waals surface area contributed by atoms with Crippen molar-refractivity contribution in [2.24, 2.45) is 16.5 Å². The summed E-state index contributed by atoms with van der Waals surface area (Å²) < 4.78 is 0. The van der Waals surface area contributed by atoms with E-state index in [1.807, 2.05) is 56.3 Å². The van der Waals surface area contributed by atoms with Crippen LogP contribution in [0, 0.1) is 5.41 Å². The van der Waals surface area contributed by atoms with Gasteiger partial charge in [0.15, 0.2) is 11.9 Å². The number of aliphatic hydroxyl groups excluding tert-OH is 1. The molecule has 0 unspecified atom stereocenters. The Morgan fingerprint density at radius 2 is 1.02 bits per heavy atom. The quantitative estimate of drug-likeness (QED) is 0.0142. The van der Waals surface area contributed by atoms with Crippen LogP contribution in [0.4, 0.5) is 0 Å². The van der Waals surface area contributed by atoms with Crippen LogP contribution in [-0.2, 0) is 84.8 Å². The molecule has 0 radical (unpaired) electrons. The van der Waals surface area contributed by atoms with Crippen molar-refractivity contribution in [3.8, 4) is 5.75 Å². The normalized spacial score (nSPS) is 15.1. The highest BCUT2D eigenvalue weighted by Gasteiger charge is 2.40. The van der Waals surface area contributed by atoms with Crippen LogP contribution in [0.3, 0.4) is 0 Å². The number of amides is 11. The molecular weight excluding hydrogens is 1420 g/mol. The second kappa shape index (κ2) is 43.2. The molecule has 0 aliphatic carbocycles. The number of carbonyl (C=O) groups excluding carboxylic acids is 11. The molecule has 1 saturated heterocycles. The Bertz CT molecular complexity index is 4120. The number of nitrogens with one attached hydrogen (secondary N) is 13. The number of halogens is 1. The fraction of sp³-hybridized carbons (Fsp3) is 0.403. The fourth-order valence-corrected chi connectivity index (χ4v) is 12.4. The summed E-state index contributed by atoms with van der Waals surface area (Å²) in [5, 5.41) is 64.6. The number of nitrogens with zero attached hydrogens (tertiary/aromatic N) is 3. The minimum Gasteiger partial charge on any atom is -0.508 e. The van der Waals surface area contributed by atoms with E-state index in [4.69, 9.17) is 28.5 Å². The second-order valence-electron chi connectivity index (χ2n) is 26.4. The highest BCUT2D eigenvalue weighted by atomic mass is 35.5. The zero-order valence-electron chi connectivity index (χ0n) is 61.4. The Hall–Kier alpha value is -11.7. The number of primary amides is 1. The van der Waals surface area contributed by atoms with E-state index in [-0.39, 0.29) is 95.6 Å².